The first-order valence-electron chi connectivity index (χ1n) is 7.27. The number of ether oxygens (including phenoxy) is 2. The molecule has 2 unspecified atom stereocenters. The van der Waals surface area contributed by atoms with E-state index in [-0.39, 0.29) is 12.1 Å². The summed E-state index contributed by atoms with van der Waals surface area (Å²) >= 11 is 0. The van der Waals surface area contributed by atoms with Crippen molar-refractivity contribution in [2.45, 2.75) is 45.1 Å². The minimum Gasteiger partial charge on any atom is -0.394 e. The highest BCUT2D eigenvalue weighted by molar-refractivity contribution is 4.85. The lowest BCUT2D eigenvalue weighted by atomic mass is 9.91. The largest absolute Gasteiger partial charge is 0.394 e. The standard InChI is InChI=1S/C14H29NO3/c1-3-14(12-16,15-4-2)7-5-8-17-10-13-6-9-18-11-13/h13,15-16H,3-12H2,1-2H3. The van der Waals surface area contributed by atoms with E-state index in [0.29, 0.717) is 5.92 Å². The maximum atomic E-state index is 9.52. The van der Waals surface area contributed by atoms with Gasteiger partial charge in [-0.25, -0.2) is 0 Å². The molecule has 0 radical (unpaired) electrons. The predicted molar refractivity (Wildman–Crippen MR) is 72.8 cm³/mol. The molecule has 1 fully saturated rings. The Morgan fingerprint density at radius 1 is 1.44 bits per heavy atom. The second-order valence-electron chi connectivity index (χ2n) is 5.23. The third kappa shape index (κ3) is 5.22. The molecule has 1 aliphatic rings. The van der Waals surface area contributed by atoms with Crippen molar-refractivity contribution in [3.63, 3.8) is 0 Å². The summed E-state index contributed by atoms with van der Waals surface area (Å²) in [5, 5.41) is 12.9. The summed E-state index contributed by atoms with van der Waals surface area (Å²) in [5.74, 6) is 0.590. The molecule has 0 amide bonds. The monoisotopic (exact) mass is 259 g/mol. The van der Waals surface area contributed by atoms with E-state index < -0.39 is 0 Å². The molecule has 2 atom stereocenters. The van der Waals surface area contributed by atoms with Crippen molar-refractivity contribution in [3.05, 3.63) is 0 Å². The van der Waals surface area contributed by atoms with Gasteiger partial charge < -0.3 is 19.9 Å². The third-order valence-electron chi connectivity index (χ3n) is 3.85. The minimum atomic E-state index is -0.116. The molecule has 108 valence electrons. The first kappa shape index (κ1) is 15.9. The van der Waals surface area contributed by atoms with Gasteiger partial charge in [0, 0.05) is 24.7 Å². The first-order chi connectivity index (χ1) is 8.76. The van der Waals surface area contributed by atoms with Gasteiger partial charge in [-0.3, -0.25) is 0 Å². The van der Waals surface area contributed by atoms with Gasteiger partial charge in [-0.1, -0.05) is 13.8 Å². The lowest BCUT2D eigenvalue weighted by molar-refractivity contribution is 0.0758. The summed E-state index contributed by atoms with van der Waals surface area (Å²) in [6.45, 7) is 8.64. The summed E-state index contributed by atoms with van der Waals surface area (Å²) in [4.78, 5) is 0. The maximum absolute atomic E-state index is 9.52. The Hall–Kier alpha value is -0.160. The van der Waals surface area contributed by atoms with Crippen LogP contribution in [0.1, 0.15) is 39.5 Å². The van der Waals surface area contributed by atoms with Gasteiger partial charge in [0.1, 0.15) is 0 Å². The van der Waals surface area contributed by atoms with Crippen LogP contribution in [0.2, 0.25) is 0 Å². The molecule has 0 aromatic heterocycles. The zero-order valence-corrected chi connectivity index (χ0v) is 11.9. The van der Waals surface area contributed by atoms with Gasteiger partial charge >= 0.3 is 0 Å². The van der Waals surface area contributed by atoms with Crippen molar-refractivity contribution in [2.24, 2.45) is 5.92 Å². The van der Waals surface area contributed by atoms with E-state index in [0.717, 1.165) is 58.7 Å². The Kier molecular flexibility index (Phi) is 7.82. The average molecular weight is 259 g/mol. The lowest BCUT2D eigenvalue weighted by Crippen LogP contribution is -2.48. The molecule has 0 bridgehead atoms. The van der Waals surface area contributed by atoms with Crippen LogP contribution >= 0.6 is 0 Å². The Labute approximate surface area is 111 Å². The van der Waals surface area contributed by atoms with Crippen LogP contribution in [0.5, 0.6) is 0 Å². The van der Waals surface area contributed by atoms with E-state index in [2.05, 4.69) is 19.2 Å². The van der Waals surface area contributed by atoms with Gasteiger partial charge in [0.15, 0.2) is 0 Å². The molecule has 0 aromatic carbocycles. The number of hydrogen-bond donors (Lipinski definition) is 2. The number of aliphatic hydroxyl groups is 1. The lowest BCUT2D eigenvalue weighted by Gasteiger charge is -2.31. The van der Waals surface area contributed by atoms with Crippen LogP contribution in [0.3, 0.4) is 0 Å². The van der Waals surface area contributed by atoms with Gasteiger partial charge in [0.2, 0.25) is 0 Å². The Morgan fingerprint density at radius 3 is 2.83 bits per heavy atom. The quantitative estimate of drug-likeness (QED) is 0.585. The molecular weight excluding hydrogens is 230 g/mol. The molecule has 0 saturated carbocycles. The van der Waals surface area contributed by atoms with Crippen LogP contribution in [0, 0.1) is 5.92 Å². The number of hydrogen-bond acceptors (Lipinski definition) is 4. The SMILES string of the molecule is CCNC(CC)(CO)CCCOCC1CCOC1. The van der Waals surface area contributed by atoms with E-state index in [4.69, 9.17) is 9.47 Å². The molecule has 4 nitrogen and oxygen atoms in total. The first-order valence-corrected chi connectivity index (χ1v) is 7.27. The van der Waals surface area contributed by atoms with Crippen molar-refractivity contribution in [1.29, 1.82) is 0 Å². The third-order valence-corrected chi connectivity index (χ3v) is 3.85. The minimum absolute atomic E-state index is 0.116. The van der Waals surface area contributed by atoms with Gasteiger partial charge in [0.25, 0.3) is 0 Å². The second kappa shape index (κ2) is 8.86. The summed E-state index contributed by atoms with van der Waals surface area (Å²) in [6.07, 6.45) is 4.05. The zero-order valence-electron chi connectivity index (χ0n) is 11.9. The van der Waals surface area contributed by atoms with Crippen LogP contribution in [-0.4, -0.2) is 50.2 Å². The van der Waals surface area contributed by atoms with Crippen LogP contribution in [0.15, 0.2) is 0 Å². The molecule has 0 aromatic rings. The summed E-state index contributed by atoms with van der Waals surface area (Å²) < 4.78 is 11.0. The smallest absolute Gasteiger partial charge is 0.0613 e. The van der Waals surface area contributed by atoms with Crippen molar-refractivity contribution in [1.82, 2.24) is 5.32 Å². The molecule has 0 aliphatic carbocycles. The topological polar surface area (TPSA) is 50.7 Å². The average Bonchev–Trinajstić information content (AvgIpc) is 2.90. The van der Waals surface area contributed by atoms with Crippen molar-refractivity contribution < 1.29 is 14.6 Å². The van der Waals surface area contributed by atoms with Crippen LogP contribution in [0.4, 0.5) is 0 Å². The van der Waals surface area contributed by atoms with Crippen LogP contribution in [0.25, 0.3) is 0 Å². The zero-order chi connectivity index (χ0) is 13.3. The fourth-order valence-electron chi connectivity index (χ4n) is 2.49. The van der Waals surface area contributed by atoms with Crippen LogP contribution in [-0.2, 0) is 9.47 Å². The molecule has 1 rings (SSSR count). The Morgan fingerprint density at radius 2 is 2.28 bits per heavy atom. The summed E-state index contributed by atoms with van der Waals surface area (Å²) in [7, 11) is 0. The number of nitrogens with one attached hydrogen (secondary N) is 1. The van der Waals surface area contributed by atoms with Crippen molar-refractivity contribution in [2.75, 3.05) is 39.6 Å². The van der Waals surface area contributed by atoms with E-state index >= 15 is 0 Å². The van der Waals surface area contributed by atoms with E-state index in [1.54, 1.807) is 0 Å². The predicted octanol–water partition coefficient (Wildman–Crippen LogP) is 1.57. The number of aliphatic hydroxyl groups excluding tert-OH is 1. The number of likely N-dealkylation sites (N-methyl/N-ethyl adjacent to an activating group) is 1. The molecule has 1 heterocycles. The van der Waals surface area contributed by atoms with Crippen LogP contribution < -0.4 is 5.32 Å². The van der Waals surface area contributed by atoms with Gasteiger partial charge in [-0.2, -0.15) is 0 Å². The highest BCUT2D eigenvalue weighted by Gasteiger charge is 2.25. The number of rotatable bonds is 10. The van der Waals surface area contributed by atoms with Gasteiger partial charge in [-0.05, 0) is 32.2 Å². The fourth-order valence-corrected chi connectivity index (χ4v) is 2.49. The van der Waals surface area contributed by atoms with Gasteiger partial charge in [-0.15, -0.1) is 0 Å². The maximum Gasteiger partial charge on any atom is 0.0613 e. The van der Waals surface area contributed by atoms with Gasteiger partial charge in [0.05, 0.1) is 19.8 Å². The molecule has 1 saturated heterocycles. The molecule has 1 aliphatic heterocycles. The molecule has 2 N–H and O–H groups in total. The summed E-state index contributed by atoms with van der Waals surface area (Å²) in [6, 6.07) is 0. The fraction of sp³-hybridized carbons (Fsp3) is 1.00. The van der Waals surface area contributed by atoms with E-state index in [1.165, 1.54) is 0 Å². The molecular formula is C14H29NO3. The Balaban J connectivity index is 2.10. The second-order valence-corrected chi connectivity index (χ2v) is 5.23. The normalized spacial score (nSPS) is 23.2. The molecule has 4 heteroatoms. The van der Waals surface area contributed by atoms with E-state index in [1.807, 2.05) is 0 Å². The highest BCUT2D eigenvalue weighted by Crippen LogP contribution is 2.17. The Bertz CT molecular complexity index is 201. The molecule has 18 heavy (non-hydrogen) atoms. The van der Waals surface area contributed by atoms with E-state index in [9.17, 15) is 5.11 Å². The summed E-state index contributed by atoms with van der Waals surface area (Å²) in [5.41, 5.74) is -0.116. The highest BCUT2D eigenvalue weighted by atomic mass is 16.5. The van der Waals surface area contributed by atoms with Crippen molar-refractivity contribution >= 4 is 0 Å². The molecule has 0 spiro atoms. The van der Waals surface area contributed by atoms with Crippen molar-refractivity contribution in [3.8, 4) is 0 Å².